The van der Waals surface area contributed by atoms with E-state index in [1.807, 2.05) is 36.4 Å². The van der Waals surface area contributed by atoms with Crippen LogP contribution in [0.25, 0.3) is 0 Å². The van der Waals surface area contributed by atoms with Gasteiger partial charge in [-0.2, -0.15) is 5.10 Å². The number of nitrogens with one attached hydrogen (secondary N) is 1. The van der Waals surface area contributed by atoms with Crippen LogP contribution >= 0.6 is 31.9 Å². The number of nitrogens with zero attached hydrogens (tertiary/aromatic N) is 1. The van der Waals surface area contributed by atoms with Crippen molar-refractivity contribution in [3.8, 4) is 17.2 Å². The summed E-state index contributed by atoms with van der Waals surface area (Å²) in [5, 5.41) is 4.02. The van der Waals surface area contributed by atoms with E-state index in [-0.39, 0.29) is 12.5 Å². The van der Waals surface area contributed by atoms with Crippen LogP contribution < -0.4 is 19.6 Å². The van der Waals surface area contributed by atoms with E-state index in [9.17, 15) is 4.79 Å². The maximum absolute atomic E-state index is 12.0. The van der Waals surface area contributed by atoms with E-state index in [4.69, 9.17) is 14.2 Å². The van der Waals surface area contributed by atoms with E-state index in [1.54, 1.807) is 37.4 Å². The third-order valence-electron chi connectivity index (χ3n) is 4.06. The first-order valence-corrected chi connectivity index (χ1v) is 10.9. The lowest BCUT2D eigenvalue weighted by Crippen LogP contribution is -2.24. The Balaban J connectivity index is 1.60. The fourth-order valence-corrected chi connectivity index (χ4v) is 3.41. The Hall–Kier alpha value is -2.84. The number of carbonyl (C=O) groups excluding carboxylic acids is 1. The van der Waals surface area contributed by atoms with Crippen LogP contribution in [-0.4, -0.2) is 25.8 Å². The van der Waals surface area contributed by atoms with Crippen LogP contribution in [-0.2, 0) is 11.4 Å². The van der Waals surface area contributed by atoms with Gasteiger partial charge < -0.3 is 14.2 Å². The molecule has 0 spiro atoms. The van der Waals surface area contributed by atoms with Gasteiger partial charge in [-0.05, 0) is 54.1 Å². The van der Waals surface area contributed by atoms with Crippen LogP contribution in [0.1, 0.15) is 11.1 Å². The maximum atomic E-state index is 12.0. The molecule has 0 aliphatic rings. The van der Waals surface area contributed by atoms with Crippen LogP contribution in [0.4, 0.5) is 0 Å². The third-order valence-corrected chi connectivity index (χ3v) is 5.05. The Morgan fingerprint density at radius 2 is 1.74 bits per heavy atom. The summed E-state index contributed by atoms with van der Waals surface area (Å²) in [6, 6.07) is 20.5. The van der Waals surface area contributed by atoms with Gasteiger partial charge in [0.15, 0.2) is 6.61 Å². The molecule has 0 aliphatic heterocycles. The van der Waals surface area contributed by atoms with Crippen molar-refractivity contribution in [2.24, 2.45) is 5.10 Å². The molecule has 0 fully saturated rings. The molecule has 0 heterocycles. The van der Waals surface area contributed by atoms with Gasteiger partial charge in [0.25, 0.3) is 5.91 Å². The molecule has 0 aliphatic carbocycles. The molecule has 0 saturated heterocycles. The number of methoxy groups -OCH3 is 1. The minimum absolute atomic E-state index is 0.155. The first-order chi connectivity index (χ1) is 15.0. The summed E-state index contributed by atoms with van der Waals surface area (Å²) in [4.78, 5) is 12.0. The van der Waals surface area contributed by atoms with Crippen LogP contribution in [0.3, 0.4) is 0 Å². The minimum Gasteiger partial charge on any atom is -0.497 e. The molecule has 160 valence electrons. The van der Waals surface area contributed by atoms with Gasteiger partial charge in [-0.1, -0.05) is 50.1 Å². The van der Waals surface area contributed by atoms with Crippen LogP contribution in [0.15, 0.2) is 80.8 Å². The molecule has 0 unspecified atom stereocenters. The van der Waals surface area contributed by atoms with Gasteiger partial charge in [-0.25, -0.2) is 5.43 Å². The number of hydrogen-bond acceptors (Lipinski definition) is 5. The Labute approximate surface area is 197 Å². The normalized spacial score (nSPS) is 10.7. The number of carbonyl (C=O) groups is 1. The third kappa shape index (κ3) is 7.41. The molecular formula is C23H20Br2N2O4. The summed E-state index contributed by atoms with van der Waals surface area (Å²) in [6.45, 7) is 0.234. The van der Waals surface area contributed by atoms with Crippen molar-refractivity contribution in [1.29, 1.82) is 0 Å². The van der Waals surface area contributed by atoms with E-state index < -0.39 is 0 Å². The molecule has 6 nitrogen and oxygen atoms in total. The molecule has 3 aromatic rings. The lowest BCUT2D eigenvalue weighted by molar-refractivity contribution is -0.123. The van der Waals surface area contributed by atoms with Gasteiger partial charge in [-0.3, -0.25) is 4.79 Å². The highest BCUT2D eigenvalue weighted by atomic mass is 79.9. The largest absolute Gasteiger partial charge is 0.497 e. The Morgan fingerprint density at radius 1 is 0.968 bits per heavy atom. The number of ether oxygens (including phenoxy) is 3. The smallest absolute Gasteiger partial charge is 0.277 e. The number of hydrogen-bond donors (Lipinski definition) is 1. The summed E-state index contributed by atoms with van der Waals surface area (Å²) >= 11 is 6.81. The molecule has 0 radical (unpaired) electrons. The van der Waals surface area contributed by atoms with Crippen molar-refractivity contribution in [3.05, 3.63) is 86.8 Å². The van der Waals surface area contributed by atoms with Gasteiger partial charge >= 0.3 is 0 Å². The van der Waals surface area contributed by atoms with Crippen molar-refractivity contribution < 1.29 is 19.0 Å². The second-order valence-electron chi connectivity index (χ2n) is 6.36. The van der Waals surface area contributed by atoms with Crippen LogP contribution in [0.5, 0.6) is 17.2 Å². The average molecular weight is 548 g/mol. The van der Waals surface area contributed by atoms with Gasteiger partial charge in [0, 0.05) is 14.5 Å². The molecule has 1 N–H and O–H groups in total. The van der Waals surface area contributed by atoms with Gasteiger partial charge in [-0.15, -0.1) is 0 Å². The summed E-state index contributed by atoms with van der Waals surface area (Å²) in [7, 11) is 1.58. The second kappa shape index (κ2) is 11.5. The highest BCUT2D eigenvalue weighted by Gasteiger charge is 2.06. The highest BCUT2D eigenvalue weighted by molar-refractivity contribution is 9.10. The van der Waals surface area contributed by atoms with Crippen LogP contribution in [0.2, 0.25) is 0 Å². The molecule has 31 heavy (non-hydrogen) atoms. The van der Waals surface area contributed by atoms with Crippen molar-refractivity contribution in [2.45, 2.75) is 6.61 Å². The zero-order valence-electron chi connectivity index (χ0n) is 16.7. The summed E-state index contributed by atoms with van der Waals surface area (Å²) in [6.07, 6.45) is 1.51. The number of hydrazone groups is 1. The van der Waals surface area contributed by atoms with Gasteiger partial charge in [0.2, 0.25) is 0 Å². The minimum atomic E-state index is -0.379. The molecule has 8 heteroatoms. The molecule has 3 rings (SSSR count). The molecule has 0 aromatic heterocycles. The first-order valence-electron chi connectivity index (χ1n) is 9.29. The number of amides is 1. The van der Waals surface area contributed by atoms with Crippen molar-refractivity contribution >= 4 is 44.0 Å². The average Bonchev–Trinajstić information content (AvgIpc) is 2.77. The van der Waals surface area contributed by atoms with Crippen molar-refractivity contribution in [3.63, 3.8) is 0 Å². The Kier molecular flexibility index (Phi) is 8.49. The fourth-order valence-electron chi connectivity index (χ4n) is 2.59. The van der Waals surface area contributed by atoms with E-state index in [2.05, 4.69) is 42.4 Å². The zero-order chi connectivity index (χ0) is 22.1. The standard InChI is InChI=1S/C23H20Br2N2O4/c1-29-20-8-9-22(31-14-16-4-2-5-18(24)10-16)17(11-20)13-26-27-23(28)15-30-21-7-3-6-19(25)12-21/h2-13H,14-15H2,1H3,(H,27,28). The first kappa shape index (κ1) is 22.8. The molecule has 3 aromatic carbocycles. The topological polar surface area (TPSA) is 69.2 Å². The highest BCUT2D eigenvalue weighted by Crippen LogP contribution is 2.24. The molecule has 1 amide bonds. The summed E-state index contributed by atoms with van der Waals surface area (Å²) in [5.74, 6) is 1.48. The van der Waals surface area contributed by atoms with Crippen molar-refractivity contribution in [1.82, 2.24) is 5.43 Å². The van der Waals surface area contributed by atoms with Crippen LogP contribution in [0, 0.1) is 0 Å². The predicted octanol–water partition coefficient (Wildman–Crippen LogP) is 5.33. The molecule has 0 saturated carbocycles. The fraction of sp³-hybridized carbons (Fsp3) is 0.130. The molecule has 0 atom stereocenters. The molecule has 0 bridgehead atoms. The zero-order valence-corrected chi connectivity index (χ0v) is 19.9. The monoisotopic (exact) mass is 546 g/mol. The number of benzene rings is 3. The number of halogens is 2. The predicted molar refractivity (Wildman–Crippen MR) is 127 cm³/mol. The lowest BCUT2D eigenvalue weighted by atomic mass is 10.2. The maximum Gasteiger partial charge on any atom is 0.277 e. The van der Waals surface area contributed by atoms with E-state index in [0.717, 1.165) is 14.5 Å². The second-order valence-corrected chi connectivity index (χ2v) is 8.19. The van der Waals surface area contributed by atoms with E-state index in [0.29, 0.717) is 29.4 Å². The quantitative estimate of drug-likeness (QED) is 0.290. The number of rotatable bonds is 9. The summed E-state index contributed by atoms with van der Waals surface area (Å²) in [5.41, 5.74) is 4.14. The van der Waals surface area contributed by atoms with Gasteiger partial charge in [0.05, 0.1) is 13.3 Å². The Bertz CT molecular complexity index is 1070. The lowest BCUT2D eigenvalue weighted by Gasteiger charge is -2.11. The summed E-state index contributed by atoms with van der Waals surface area (Å²) < 4.78 is 18.5. The Morgan fingerprint density at radius 3 is 2.48 bits per heavy atom. The van der Waals surface area contributed by atoms with Crippen molar-refractivity contribution in [2.75, 3.05) is 13.7 Å². The molecular weight excluding hydrogens is 528 g/mol. The SMILES string of the molecule is COc1ccc(OCc2cccc(Br)c2)c(C=NNC(=O)COc2cccc(Br)c2)c1. The van der Waals surface area contributed by atoms with E-state index in [1.165, 1.54) is 6.21 Å². The van der Waals surface area contributed by atoms with Gasteiger partial charge in [0.1, 0.15) is 23.9 Å². The van der Waals surface area contributed by atoms with E-state index >= 15 is 0 Å².